The molecular formula is C25H31NO2. The van der Waals surface area contributed by atoms with Crippen LogP contribution in [-0.2, 0) is 24.1 Å². The highest BCUT2D eigenvalue weighted by molar-refractivity contribution is 5.81. The number of ether oxygens (including phenoxy) is 1. The second-order valence-corrected chi connectivity index (χ2v) is 8.32. The highest BCUT2D eigenvalue weighted by Crippen LogP contribution is 2.30. The minimum atomic E-state index is -0.418. The first-order valence-corrected chi connectivity index (χ1v) is 10.8. The van der Waals surface area contributed by atoms with Crippen molar-refractivity contribution in [3.8, 4) is 5.75 Å². The maximum Gasteiger partial charge on any atom is 0.263 e. The van der Waals surface area contributed by atoms with Crippen molar-refractivity contribution < 1.29 is 9.53 Å². The normalized spacial score (nSPS) is 18.4. The number of likely N-dealkylation sites (tertiary alicyclic amines) is 1. The number of carbonyl (C=O) groups is 1. The number of piperidine rings is 1. The van der Waals surface area contributed by atoms with Gasteiger partial charge in [0.25, 0.3) is 5.91 Å². The molecule has 1 saturated heterocycles. The van der Waals surface area contributed by atoms with E-state index in [1.54, 1.807) is 0 Å². The maximum atomic E-state index is 12.9. The molecule has 3 nitrogen and oxygen atoms in total. The van der Waals surface area contributed by atoms with Crippen LogP contribution in [0.5, 0.6) is 5.75 Å². The van der Waals surface area contributed by atoms with Crippen molar-refractivity contribution in [2.45, 2.75) is 58.0 Å². The highest BCUT2D eigenvalue weighted by atomic mass is 16.5. The zero-order valence-corrected chi connectivity index (χ0v) is 16.9. The fourth-order valence-corrected chi connectivity index (χ4v) is 4.66. The molecule has 1 amide bonds. The summed E-state index contributed by atoms with van der Waals surface area (Å²) in [6.45, 7) is 3.59. The number of amides is 1. The van der Waals surface area contributed by atoms with Crippen LogP contribution in [0.1, 0.15) is 49.3 Å². The van der Waals surface area contributed by atoms with Crippen molar-refractivity contribution in [2.75, 3.05) is 13.1 Å². The van der Waals surface area contributed by atoms with Crippen LogP contribution in [0.2, 0.25) is 0 Å². The lowest BCUT2D eigenvalue weighted by Gasteiger charge is -2.34. The van der Waals surface area contributed by atoms with E-state index in [1.165, 1.54) is 29.5 Å². The summed E-state index contributed by atoms with van der Waals surface area (Å²) in [5.74, 6) is 1.72. The average Bonchev–Trinajstić information content (AvgIpc) is 2.75. The lowest BCUT2D eigenvalue weighted by atomic mass is 9.90. The Morgan fingerprint density at radius 1 is 1.04 bits per heavy atom. The topological polar surface area (TPSA) is 29.5 Å². The lowest BCUT2D eigenvalue weighted by Crippen LogP contribution is -2.45. The second-order valence-electron chi connectivity index (χ2n) is 8.32. The van der Waals surface area contributed by atoms with Crippen LogP contribution in [-0.4, -0.2) is 30.0 Å². The Labute approximate surface area is 168 Å². The van der Waals surface area contributed by atoms with E-state index < -0.39 is 6.10 Å². The van der Waals surface area contributed by atoms with Gasteiger partial charge in [-0.05, 0) is 80.5 Å². The SMILES string of the molecule is CC(Oc1cccc2c1CCCC2)C(=O)N1CCC(Cc2ccccc2)CC1. The summed E-state index contributed by atoms with van der Waals surface area (Å²) < 4.78 is 6.16. The van der Waals surface area contributed by atoms with Gasteiger partial charge in [-0.1, -0.05) is 42.5 Å². The number of nitrogens with zero attached hydrogens (tertiary/aromatic N) is 1. The molecule has 0 radical (unpaired) electrons. The van der Waals surface area contributed by atoms with E-state index in [9.17, 15) is 4.79 Å². The molecular weight excluding hydrogens is 346 g/mol. The molecule has 2 aromatic carbocycles. The Bertz CT molecular complexity index is 793. The zero-order valence-electron chi connectivity index (χ0n) is 16.9. The van der Waals surface area contributed by atoms with Crippen LogP contribution in [0, 0.1) is 5.92 Å². The second kappa shape index (κ2) is 8.81. The lowest BCUT2D eigenvalue weighted by molar-refractivity contribution is -0.139. The Balaban J connectivity index is 1.31. The van der Waals surface area contributed by atoms with E-state index in [1.807, 2.05) is 17.9 Å². The zero-order chi connectivity index (χ0) is 19.3. The van der Waals surface area contributed by atoms with Gasteiger partial charge in [-0.25, -0.2) is 0 Å². The van der Waals surface area contributed by atoms with Crippen molar-refractivity contribution in [3.63, 3.8) is 0 Å². The van der Waals surface area contributed by atoms with Crippen LogP contribution in [0.15, 0.2) is 48.5 Å². The largest absolute Gasteiger partial charge is 0.481 e. The maximum absolute atomic E-state index is 12.9. The van der Waals surface area contributed by atoms with Gasteiger partial charge in [-0.2, -0.15) is 0 Å². The standard InChI is InChI=1S/C25H31NO2/c1-19(28-24-13-7-11-22-10-5-6-12-23(22)24)25(27)26-16-14-21(15-17-26)18-20-8-3-2-4-9-20/h2-4,7-9,11,13,19,21H,5-6,10,12,14-18H2,1H3. The molecule has 4 rings (SSSR count). The molecule has 1 aliphatic carbocycles. The average molecular weight is 378 g/mol. The summed E-state index contributed by atoms with van der Waals surface area (Å²) in [6, 6.07) is 17.0. The van der Waals surface area contributed by atoms with Crippen molar-refractivity contribution in [2.24, 2.45) is 5.92 Å². The van der Waals surface area contributed by atoms with Crippen LogP contribution < -0.4 is 4.74 Å². The van der Waals surface area contributed by atoms with E-state index in [-0.39, 0.29) is 5.91 Å². The first-order chi connectivity index (χ1) is 13.7. The van der Waals surface area contributed by atoms with Gasteiger partial charge in [0.1, 0.15) is 5.75 Å². The molecule has 2 aliphatic rings. The van der Waals surface area contributed by atoms with Crippen molar-refractivity contribution in [1.82, 2.24) is 4.90 Å². The van der Waals surface area contributed by atoms with Crippen molar-refractivity contribution in [1.29, 1.82) is 0 Å². The number of rotatable bonds is 5. The molecule has 1 atom stereocenters. The van der Waals surface area contributed by atoms with E-state index >= 15 is 0 Å². The van der Waals surface area contributed by atoms with Crippen molar-refractivity contribution >= 4 is 5.91 Å². The number of carbonyl (C=O) groups excluding carboxylic acids is 1. The van der Waals surface area contributed by atoms with Gasteiger partial charge in [0.15, 0.2) is 6.10 Å². The summed E-state index contributed by atoms with van der Waals surface area (Å²) >= 11 is 0. The van der Waals surface area contributed by atoms with Gasteiger partial charge >= 0.3 is 0 Å². The quantitative estimate of drug-likeness (QED) is 0.748. The van der Waals surface area contributed by atoms with Gasteiger partial charge < -0.3 is 9.64 Å². The van der Waals surface area contributed by atoms with Gasteiger partial charge in [-0.3, -0.25) is 4.79 Å². The van der Waals surface area contributed by atoms with Gasteiger partial charge in [0.05, 0.1) is 0 Å². The molecule has 1 heterocycles. The molecule has 2 aromatic rings. The van der Waals surface area contributed by atoms with Crippen molar-refractivity contribution in [3.05, 3.63) is 65.2 Å². The Kier molecular flexibility index (Phi) is 5.99. The Morgan fingerprint density at radius 3 is 2.57 bits per heavy atom. The molecule has 0 bridgehead atoms. The van der Waals surface area contributed by atoms with Gasteiger partial charge in [-0.15, -0.1) is 0 Å². The van der Waals surface area contributed by atoms with Crippen LogP contribution in [0.3, 0.4) is 0 Å². The molecule has 0 N–H and O–H groups in total. The predicted octanol–water partition coefficient (Wildman–Crippen LogP) is 4.81. The monoisotopic (exact) mass is 377 g/mol. The minimum absolute atomic E-state index is 0.131. The van der Waals surface area contributed by atoms with E-state index in [0.717, 1.165) is 50.9 Å². The van der Waals surface area contributed by atoms with E-state index in [2.05, 4.69) is 42.5 Å². The third kappa shape index (κ3) is 4.40. The molecule has 1 aliphatic heterocycles. The number of benzene rings is 2. The summed E-state index contributed by atoms with van der Waals surface area (Å²) in [5.41, 5.74) is 4.11. The molecule has 0 aromatic heterocycles. The van der Waals surface area contributed by atoms with Gasteiger partial charge in [0.2, 0.25) is 0 Å². The Hall–Kier alpha value is -2.29. The molecule has 1 fully saturated rings. The first-order valence-electron chi connectivity index (χ1n) is 10.8. The van der Waals surface area contributed by atoms with E-state index in [4.69, 9.17) is 4.74 Å². The fourth-order valence-electron chi connectivity index (χ4n) is 4.66. The van der Waals surface area contributed by atoms with E-state index in [0.29, 0.717) is 5.92 Å². The number of fused-ring (bicyclic) bond motifs is 1. The molecule has 0 spiro atoms. The van der Waals surface area contributed by atoms with Gasteiger partial charge in [0, 0.05) is 13.1 Å². The number of hydrogen-bond acceptors (Lipinski definition) is 2. The van der Waals surface area contributed by atoms with Crippen LogP contribution >= 0.6 is 0 Å². The summed E-state index contributed by atoms with van der Waals surface area (Å²) in [4.78, 5) is 14.9. The third-order valence-electron chi connectivity index (χ3n) is 6.30. The summed E-state index contributed by atoms with van der Waals surface area (Å²) in [7, 11) is 0. The fraction of sp³-hybridized carbons (Fsp3) is 0.480. The van der Waals surface area contributed by atoms with Crippen LogP contribution in [0.25, 0.3) is 0 Å². The predicted molar refractivity (Wildman–Crippen MR) is 113 cm³/mol. The minimum Gasteiger partial charge on any atom is -0.481 e. The first kappa shape index (κ1) is 19.0. The Morgan fingerprint density at radius 2 is 1.79 bits per heavy atom. The molecule has 1 unspecified atom stereocenters. The smallest absolute Gasteiger partial charge is 0.263 e. The molecule has 3 heteroatoms. The number of hydrogen-bond donors (Lipinski definition) is 0. The number of aryl methyl sites for hydroxylation is 1. The third-order valence-corrected chi connectivity index (χ3v) is 6.30. The summed E-state index contributed by atoms with van der Waals surface area (Å²) in [5, 5.41) is 0. The highest BCUT2D eigenvalue weighted by Gasteiger charge is 2.28. The molecule has 0 saturated carbocycles. The molecule has 28 heavy (non-hydrogen) atoms. The molecule has 148 valence electrons. The van der Waals surface area contributed by atoms with Crippen LogP contribution in [0.4, 0.5) is 0 Å². The summed E-state index contributed by atoms with van der Waals surface area (Å²) in [6.07, 6.45) is 7.51.